The molecule has 0 spiro atoms. The molecule has 0 aliphatic rings. The van der Waals surface area contributed by atoms with Crippen LogP contribution in [0.2, 0.25) is 0 Å². The van der Waals surface area contributed by atoms with E-state index in [9.17, 15) is 18.0 Å². The van der Waals surface area contributed by atoms with Gasteiger partial charge in [-0.3, -0.25) is 4.79 Å². The smallest absolute Gasteiger partial charge is 0.328 e. The number of hydrogen-bond acceptors (Lipinski definition) is 5. The van der Waals surface area contributed by atoms with Crippen molar-refractivity contribution in [3.8, 4) is 0 Å². The Labute approximate surface area is 143 Å². The topological polar surface area (TPSA) is 92.8 Å². The minimum Gasteiger partial charge on any atom is -0.467 e. The van der Waals surface area contributed by atoms with Gasteiger partial charge in [-0.1, -0.05) is 19.9 Å². The summed E-state index contributed by atoms with van der Waals surface area (Å²) in [5.74, 6) is -1.12. The number of amides is 1. The molecule has 0 aliphatic heterocycles. The molecule has 134 valence electrons. The lowest BCUT2D eigenvalue weighted by atomic mass is 10.1. The van der Waals surface area contributed by atoms with Gasteiger partial charge in [-0.25, -0.2) is 13.2 Å². The Morgan fingerprint density at radius 1 is 1.25 bits per heavy atom. The van der Waals surface area contributed by atoms with Crippen molar-refractivity contribution in [1.82, 2.24) is 9.62 Å². The molecule has 24 heavy (non-hydrogen) atoms. The number of nitrogens with zero attached hydrogens (tertiary/aromatic N) is 1. The van der Waals surface area contributed by atoms with Crippen LogP contribution in [-0.2, 0) is 19.6 Å². The Hall–Kier alpha value is -1.93. The third kappa shape index (κ3) is 4.33. The number of hydrogen-bond donors (Lipinski definition) is 1. The van der Waals surface area contributed by atoms with Crippen LogP contribution < -0.4 is 5.32 Å². The Morgan fingerprint density at radius 2 is 1.83 bits per heavy atom. The Morgan fingerprint density at radius 3 is 2.33 bits per heavy atom. The minimum atomic E-state index is -3.68. The third-order valence-electron chi connectivity index (χ3n) is 3.68. The molecule has 0 saturated heterocycles. The largest absolute Gasteiger partial charge is 0.467 e. The van der Waals surface area contributed by atoms with Crippen molar-refractivity contribution in [1.29, 1.82) is 0 Å². The lowest BCUT2D eigenvalue weighted by Gasteiger charge is -2.20. The van der Waals surface area contributed by atoms with Gasteiger partial charge < -0.3 is 10.1 Å². The normalized spacial score (nSPS) is 12.8. The lowest BCUT2D eigenvalue weighted by Crippen LogP contribution is -2.39. The van der Waals surface area contributed by atoms with E-state index in [0.29, 0.717) is 18.7 Å². The maximum atomic E-state index is 12.7. The fourth-order valence-corrected chi connectivity index (χ4v) is 3.95. The van der Waals surface area contributed by atoms with Gasteiger partial charge in [-0.05, 0) is 31.5 Å². The van der Waals surface area contributed by atoms with Gasteiger partial charge in [-0.15, -0.1) is 0 Å². The summed E-state index contributed by atoms with van der Waals surface area (Å²) < 4.78 is 31.3. The number of methoxy groups -OCH3 is 1. The number of carbonyl (C=O) groups excluding carboxylic acids is 2. The highest BCUT2D eigenvalue weighted by Crippen LogP contribution is 2.21. The first-order valence-corrected chi connectivity index (χ1v) is 9.12. The summed E-state index contributed by atoms with van der Waals surface area (Å²) in [6, 6.07) is 3.61. The summed E-state index contributed by atoms with van der Waals surface area (Å²) in [5.41, 5.74) is 0.724. The van der Waals surface area contributed by atoms with Gasteiger partial charge >= 0.3 is 5.97 Å². The highest BCUT2D eigenvalue weighted by atomic mass is 32.2. The first-order valence-electron chi connectivity index (χ1n) is 7.68. The summed E-state index contributed by atoms with van der Waals surface area (Å²) in [6.07, 6.45) is 0. The summed E-state index contributed by atoms with van der Waals surface area (Å²) in [6.45, 7) is 7.36. The van der Waals surface area contributed by atoms with E-state index in [1.165, 1.54) is 30.5 Å². The van der Waals surface area contributed by atoms with Gasteiger partial charge in [-0.2, -0.15) is 4.31 Å². The van der Waals surface area contributed by atoms with Crippen LogP contribution in [0, 0.1) is 6.92 Å². The van der Waals surface area contributed by atoms with E-state index in [1.54, 1.807) is 26.8 Å². The van der Waals surface area contributed by atoms with Crippen molar-refractivity contribution < 1.29 is 22.7 Å². The molecule has 0 aromatic heterocycles. The number of benzene rings is 1. The molecule has 1 N–H and O–H groups in total. The van der Waals surface area contributed by atoms with E-state index in [0.717, 1.165) is 0 Å². The van der Waals surface area contributed by atoms with Crippen LogP contribution in [-0.4, -0.2) is 50.8 Å². The van der Waals surface area contributed by atoms with E-state index in [1.807, 2.05) is 0 Å². The molecule has 8 heteroatoms. The fourth-order valence-electron chi connectivity index (χ4n) is 2.24. The monoisotopic (exact) mass is 356 g/mol. The molecular weight excluding hydrogens is 332 g/mol. The van der Waals surface area contributed by atoms with Crippen LogP contribution in [0.1, 0.15) is 36.7 Å². The zero-order valence-electron chi connectivity index (χ0n) is 14.6. The second-order valence-electron chi connectivity index (χ2n) is 5.29. The number of esters is 1. The van der Waals surface area contributed by atoms with E-state index < -0.39 is 27.9 Å². The third-order valence-corrected chi connectivity index (χ3v) is 5.87. The average molecular weight is 356 g/mol. The van der Waals surface area contributed by atoms with E-state index in [2.05, 4.69) is 10.1 Å². The molecule has 0 radical (unpaired) electrons. The van der Waals surface area contributed by atoms with Crippen molar-refractivity contribution >= 4 is 21.9 Å². The Balaban J connectivity index is 3.19. The SMILES string of the molecule is CCN(CC)S(=O)(=O)c1cc(C(=O)N[C@H](C)C(=O)OC)ccc1C. The molecule has 1 rings (SSSR count). The molecular formula is C16H24N2O5S. The molecule has 0 heterocycles. The van der Waals surface area contributed by atoms with Gasteiger partial charge in [0, 0.05) is 18.7 Å². The first-order chi connectivity index (χ1) is 11.2. The summed E-state index contributed by atoms with van der Waals surface area (Å²) in [4.78, 5) is 23.7. The van der Waals surface area contributed by atoms with Gasteiger partial charge in [0.25, 0.3) is 5.91 Å². The summed E-state index contributed by atoms with van der Waals surface area (Å²) in [7, 11) is -2.45. The van der Waals surface area contributed by atoms with Crippen molar-refractivity contribution in [2.75, 3.05) is 20.2 Å². The summed E-state index contributed by atoms with van der Waals surface area (Å²) >= 11 is 0. The highest BCUT2D eigenvalue weighted by molar-refractivity contribution is 7.89. The molecule has 7 nitrogen and oxygen atoms in total. The van der Waals surface area contributed by atoms with Crippen molar-refractivity contribution in [2.24, 2.45) is 0 Å². The molecule has 1 aromatic rings. The van der Waals surface area contributed by atoms with Crippen LogP contribution in [0.3, 0.4) is 0 Å². The highest BCUT2D eigenvalue weighted by Gasteiger charge is 2.25. The molecule has 0 unspecified atom stereocenters. The fraction of sp³-hybridized carbons (Fsp3) is 0.500. The Bertz CT molecular complexity index is 711. The number of ether oxygens (including phenoxy) is 1. The summed E-state index contributed by atoms with van der Waals surface area (Å²) in [5, 5.41) is 2.48. The van der Waals surface area contributed by atoms with Crippen molar-refractivity contribution in [2.45, 2.75) is 38.6 Å². The van der Waals surface area contributed by atoms with Crippen LogP contribution in [0.4, 0.5) is 0 Å². The van der Waals surface area contributed by atoms with Crippen LogP contribution in [0.25, 0.3) is 0 Å². The van der Waals surface area contributed by atoms with Gasteiger partial charge in [0.05, 0.1) is 12.0 Å². The quantitative estimate of drug-likeness (QED) is 0.744. The molecule has 0 saturated carbocycles. The predicted octanol–water partition coefficient (Wildman–Crippen LogP) is 1.32. The standard InChI is InChI=1S/C16H24N2O5S/c1-6-18(7-2)24(21,22)14-10-13(9-8-11(14)3)15(19)17-12(4)16(20)23-5/h8-10,12H,6-7H2,1-5H3,(H,17,19)/t12-/m1/s1. The molecule has 1 amide bonds. The molecule has 0 aliphatic carbocycles. The molecule has 1 aromatic carbocycles. The molecule has 1 atom stereocenters. The number of nitrogens with one attached hydrogen (secondary N) is 1. The lowest BCUT2D eigenvalue weighted by molar-refractivity contribution is -0.142. The molecule has 0 bridgehead atoms. The van der Waals surface area contributed by atoms with Crippen LogP contribution >= 0.6 is 0 Å². The van der Waals surface area contributed by atoms with Crippen molar-refractivity contribution in [3.63, 3.8) is 0 Å². The van der Waals surface area contributed by atoms with Gasteiger partial charge in [0.15, 0.2) is 0 Å². The number of carbonyl (C=O) groups is 2. The Kier molecular flexibility index (Phi) is 6.92. The van der Waals surface area contributed by atoms with Gasteiger partial charge in [0.1, 0.15) is 6.04 Å². The van der Waals surface area contributed by atoms with E-state index in [4.69, 9.17) is 0 Å². The van der Waals surface area contributed by atoms with Gasteiger partial charge in [0.2, 0.25) is 10.0 Å². The molecule has 0 fully saturated rings. The first kappa shape index (κ1) is 20.1. The van der Waals surface area contributed by atoms with E-state index >= 15 is 0 Å². The number of aryl methyl sites for hydroxylation is 1. The van der Waals surface area contributed by atoms with E-state index in [-0.39, 0.29) is 10.5 Å². The van der Waals surface area contributed by atoms with Crippen molar-refractivity contribution in [3.05, 3.63) is 29.3 Å². The number of sulfonamides is 1. The minimum absolute atomic E-state index is 0.0876. The maximum Gasteiger partial charge on any atom is 0.328 e. The zero-order chi connectivity index (χ0) is 18.5. The predicted molar refractivity (Wildman–Crippen MR) is 90.2 cm³/mol. The second kappa shape index (κ2) is 8.25. The number of rotatable bonds is 7. The second-order valence-corrected chi connectivity index (χ2v) is 7.19. The average Bonchev–Trinajstić information content (AvgIpc) is 2.54. The maximum absolute atomic E-state index is 12.7. The van der Waals surface area contributed by atoms with Crippen LogP contribution in [0.5, 0.6) is 0 Å². The van der Waals surface area contributed by atoms with Crippen LogP contribution in [0.15, 0.2) is 23.1 Å². The zero-order valence-corrected chi connectivity index (χ0v) is 15.4.